The van der Waals surface area contributed by atoms with Crippen LogP contribution in [0.25, 0.3) is 22.1 Å². The van der Waals surface area contributed by atoms with E-state index in [1.54, 1.807) is 6.07 Å². The first kappa shape index (κ1) is 8.23. The largest absolute Gasteiger partial charge is 0.443 e. The average Bonchev–Trinajstić information content (AvgIpc) is 2.61. The van der Waals surface area contributed by atoms with Crippen LogP contribution in [0.3, 0.4) is 0 Å². The highest BCUT2D eigenvalue weighted by Gasteiger charge is 2.06. The molecule has 0 amide bonds. The lowest BCUT2D eigenvalue weighted by Gasteiger charge is -1.98. The van der Waals surface area contributed by atoms with Gasteiger partial charge < -0.3 is 8.83 Å². The van der Waals surface area contributed by atoms with Crippen molar-refractivity contribution in [1.82, 2.24) is 4.98 Å². The summed E-state index contributed by atoms with van der Waals surface area (Å²) in [5.74, 6) is 0. The lowest BCUT2D eigenvalue weighted by molar-refractivity contribution is 0.557. The summed E-state index contributed by atoms with van der Waals surface area (Å²) in [6.07, 6.45) is 1.37. The molecule has 2 heterocycles. The highest BCUT2D eigenvalue weighted by molar-refractivity contribution is 5.92. The molecule has 74 valence electrons. The second kappa shape index (κ2) is 2.70. The van der Waals surface area contributed by atoms with Crippen LogP contribution in [0.2, 0.25) is 0 Å². The molecule has 2 aromatic heterocycles. The molecule has 0 radical (unpaired) electrons. The molecule has 4 heteroatoms. The van der Waals surface area contributed by atoms with Gasteiger partial charge in [0.05, 0.1) is 0 Å². The van der Waals surface area contributed by atoms with Gasteiger partial charge >= 0.3 is 5.63 Å². The van der Waals surface area contributed by atoms with Gasteiger partial charge in [0.15, 0.2) is 12.0 Å². The summed E-state index contributed by atoms with van der Waals surface area (Å²) in [6, 6.07) is 5.01. The molecule has 3 rings (SSSR count). The van der Waals surface area contributed by atoms with Crippen LogP contribution in [0.4, 0.5) is 0 Å². The molecule has 0 aliphatic carbocycles. The van der Waals surface area contributed by atoms with Gasteiger partial charge in [0.2, 0.25) is 0 Å². The summed E-state index contributed by atoms with van der Waals surface area (Å²) in [6.45, 7) is 1.87. The number of fused-ring (bicyclic) bond motifs is 2. The molecule has 0 bridgehead atoms. The quantitative estimate of drug-likeness (QED) is 0.523. The second-order valence-electron chi connectivity index (χ2n) is 3.42. The molecule has 4 nitrogen and oxygen atoms in total. The summed E-state index contributed by atoms with van der Waals surface area (Å²) in [7, 11) is 0. The number of benzene rings is 1. The van der Waals surface area contributed by atoms with Gasteiger partial charge in [-0.3, -0.25) is 0 Å². The molecule has 0 saturated carbocycles. The molecular formula is C11H7NO3. The Morgan fingerprint density at radius 2 is 2.07 bits per heavy atom. The Morgan fingerprint density at radius 1 is 1.20 bits per heavy atom. The highest BCUT2D eigenvalue weighted by atomic mass is 16.4. The third kappa shape index (κ3) is 1.15. The first-order chi connectivity index (χ1) is 7.24. The smallest absolute Gasteiger partial charge is 0.336 e. The minimum Gasteiger partial charge on any atom is -0.443 e. The Morgan fingerprint density at radius 3 is 2.93 bits per heavy atom. The molecule has 0 saturated heterocycles. The van der Waals surface area contributed by atoms with E-state index in [-0.39, 0.29) is 5.63 Å². The van der Waals surface area contributed by atoms with Crippen LogP contribution < -0.4 is 5.63 Å². The maximum Gasteiger partial charge on any atom is 0.336 e. The predicted octanol–water partition coefficient (Wildman–Crippen LogP) is 2.24. The zero-order valence-electron chi connectivity index (χ0n) is 7.98. The number of oxazole rings is 1. The lowest BCUT2D eigenvalue weighted by atomic mass is 10.1. The van der Waals surface area contributed by atoms with Crippen molar-refractivity contribution in [2.75, 3.05) is 0 Å². The van der Waals surface area contributed by atoms with Crippen LogP contribution in [-0.2, 0) is 0 Å². The first-order valence-corrected chi connectivity index (χ1v) is 4.52. The van der Waals surface area contributed by atoms with Crippen molar-refractivity contribution in [2.24, 2.45) is 0 Å². The standard InChI is InChI=1S/C11H7NO3/c1-6-2-11(13)15-9-4-10-8(3-7(6)9)12-5-14-10/h2-5H,1H3. The van der Waals surface area contributed by atoms with Crippen molar-refractivity contribution in [3.63, 3.8) is 0 Å². The van der Waals surface area contributed by atoms with Crippen LogP contribution in [0, 0.1) is 6.92 Å². The maximum atomic E-state index is 11.2. The molecule has 1 aromatic carbocycles. The van der Waals surface area contributed by atoms with E-state index in [2.05, 4.69) is 4.98 Å². The number of aryl methyl sites for hydroxylation is 1. The van der Waals surface area contributed by atoms with Gasteiger partial charge in [0.25, 0.3) is 0 Å². The highest BCUT2D eigenvalue weighted by Crippen LogP contribution is 2.22. The van der Waals surface area contributed by atoms with Crippen molar-refractivity contribution in [2.45, 2.75) is 6.92 Å². The van der Waals surface area contributed by atoms with Gasteiger partial charge in [-0.25, -0.2) is 9.78 Å². The van der Waals surface area contributed by atoms with Gasteiger partial charge in [-0.05, 0) is 18.6 Å². The first-order valence-electron chi connectivity index (χ1n) is 4.52. The Bertz CT molecular complexity index is 708. The average molecular weight is 201 g/mol. The molecular weight excluding hydrogens is 194 g/mol. The number of hydrogen-bond donors (Lipinski definition) is 0. The van der Waals surface area contributed by atoms with Crippen molar-refractivity contribution < 1.29 is 8.83 Å². The van der Waals surface area contributed by atoms with E-state index in [0.717, 1.165) is 16.5 Å². The summed E-state index contributed by atoms with van der Waals surface area (Å²) >= 11 is 0. The fourth-order valence-electron chi connectivity index (χ4n) is 1.67. The van der Waals surface area contributed by atoms with E-state index in [9.17, 15) is 4.79 Å². The third-order valence-corrected chi connectivity index (χ3v) is 2.40. The van der Waals surface area contributed by atoms with Gasteiger partial charge in [-0.1, -0.05) is 0 Å². The number of nitrogens with zero attached hydrogens (tertiary/aromatic N) is 1. The molecule has 3 aromatic rings. The number of rotatable bonds is 0. The van der Waals surface area contributed by atoms with E-state index in [1.165, 1.54) is 12.5 Å². The summed E-state index contributed by atoms with van der Waals surface area (Å²) in [4.78, 5) is 15.2. The van der Waals surface area contributed by atoms with Crippen molar-refractivity contribution in [3.8, 4) is 0 Å². The molecule has 0 aliphatic rings. The van der Waals surface area contributed by atoms with E-state index >= 15 is 0 Å². The summed E-state index contributed by atoms with van der Waals surface area (Å²) in [5.41, 5.74) is 2.45. The van der Waals surface area contributed by atoms with Gasteiger partial charge in [0.1, 0.15) is 11.1 Å². The van der Waals surface area contributed by atoms with Crippen LogP contribution in [0.15, 0.2) is 38.2 Å². The molecule has 0 atom stereocenters. The SMILES string of the molecule is Cc1cc(=O)oc2cc3ocnc3cc12. The molecule has 0 fully saturated rings. The molecule has 0 spiro atoms. The Labute approximate surface area is 84.1 Å². The topological polar surface area (TPSA) is 56.2 Å². The monoisotopic (exact) mass is 201 g/mol. The molecule has 0 aliphatic heterocycles. The second-order valence-corrected chi connectivity index (χ2v) is 3.42. The van der Waals surface area contributed by atoms with Crippen LogP contribution in [0.5, 0.6) is 0 Å². The molecule has 0 N–H and O–H groups in total. The number of hydrogen-bond acceptors (Lipinski definition) is 4. The van der Waals surface area contributed by atoms with E-state index in [1.807, 2.05) is 13.0 Å². The molecule has 15 heavy (non-hydrogen) atoms. The lowest BCUT2D eigenvalue weighted by Crippen LogP contribution is -1.97. The fraction of sp³-hybridized carbons (Fsp3) is 0.0909. The zero-order chi connectivity index (χ0) is 10.4. The van der Waals surface area contributed by atoms with Gasteiger partial charge in [0, 0.05) is 17.5 Å². The van der Waals surface area contributed by atoms with E-state index < -0.39 is 0 Å². The zero-order valence-corrected chi connectivity index (χ0v) is 7.98. The maximum absolute atomic E-state index is 11.2. The van der Waals surface area contributed by atoms with Crippen molar-refractivity contribution in [3.05, 3.63) is 40.6 Å². The Kier molecular flexibility index (Phi) is 1.48. The van der Waals surface area contributed by atoms with Gasteiger partial charge in [-0.2, -0.15) is 0 Å². The Hall–Kier alpha value is -2.10. The fourth-order valence-corrected chi connectivity index (χ4v) is 1.67. The van der Waals surface area contributed by atoms with Crippen LogP contribution in [-0.4, -0.2) is 4.98 Å². The van der Waals surface area contributed by atoms with Crippen LogP contribution >= 0.6 is 0 Å². The summed E-state index contributed by atoms with van der Waals surface area (Å²) in [5, 5.41) is 0.885. The summed E-state index contributed by atoms with van der Waals surface area (Å²) < 4.78 is 10.2. The normalized spacial score (nSPS) is 11.3. The van der Waals surface area contributed by atoms with Crippen LogP contribution in [0.1, 0.15) is 5.56 Å². The Balaban J connectivity index is 2.59. The van der Waals surface area contributed by atoms with E-state index in [0.29, 0.717) is 11.2 Å². The number of aromatic nitrogens is 1. The minimum atomic E-state index is -0.348. The van der Waals surface area contributed by atoms with Crippen molar-refractivity contribution in [1.29, 1.82) is 0 Å². The van der Waals surface area contributed by atoms with Crippen molar-refractivity contribution >= 4 is 22.1 Å². The minimum absolute atomic E-state index is 0.348. The third-order valence-electron chi connectivity index (χ3n) is 2.40. The molecule has 0 unspecified atom stereocenters. The van der Waals surface area contributed by atoms with E-state index in [4.69, 9.17) is 8.83 Å². The van der Waals surface area contributed by atoms with Gasteiger partial charge in [-0.15, -0.1) is 0 Å². The predicted molar refractivity (Wildman–Crippen MR) is 54.8 cm³/mol.